The summed E-state index contributed by atoms with van der Waals surface area (Å²) >= 11 is 0. The van der Waals surface area contributed by atoms with E-state index in [0.717, 1.165) is 37.2 Å². The standard InChI is InChI=1S/C22H18F6N4O3S/c1-11(22(26,27)28)31-36(33,34)13-4-5-17(30-9-13)20-15(8-29)14-6-16(23)19(35-21(24)25)7-18(14)32(20)10-12-2-3-12/h4-7,9,11-12,21,31H,2-3,10H2,1H3. The number of benzene rings is 1. The third-order valence-electron chi connectivity index (χ3n) is 5.69. The van der Waals surface area contributed by atoms with Crippen LogP contribution in [-0.2, 0) is 16.6 Å². The van der Waals surface area contributed by atoms with Crippen LogP contribution in [0.4, 0.5) is 26.3 Å². The number of pyridine rings is 1. The lowest BCUT2D eigenvalue weighted by Gasteiger charge is -2.17. The normalized spacial score (nSPS) is 15.3. The average Bonchev–Trinajstić information content (AvgIpc) is 3.55. The molecule has 0 amide bonds. The summed E-state index contributed by atoms with van der Waals surface area (Å²) in [6.45, 7) is -2.27. The molecular formula is C22H18F6N4O3S. The van der Waals surface area contributed by atoms with Crippen molar-refractivity contribution in [1.82, 2.24) is 14.3 Å². The van der Waals surface area contributed by atoms with Crippen molar-refractivity contribution in [2.75, 3.05) is 0 Å². The third-order valence-corrected chi connectivity index (χ3v) is 7.22. The minimum absolute atomic E-state index is 0.0277. The zero-order chi connectivity index (χ0) is 26.4. The number of sulfonamides is 1. The summed E-state index contributed by atoms with van der Waals surface area (Å²) in [6, 6.07) is 3.81. The van der Waals surface area contributed by atoms with Crippen molar-refractivity contribution in [3.8, 4) is 23.2 Å². The summed E-state index contributed by atoms with van der Waals surface area (Å²) in [5.41, 5.74) is 0.487. The van der Waals surface area contributed by atoms with Crippen molar-refractivity contribution >= 4 is 20.9 Å². The van der Waals surface area contributed by atoms with Gasteiger partial charge in [0.25, 0.3) is 0 Å². The van der Waals surface area contributed by atoms with Gasteiger partial charge in [0, 0.05) is 24.2 Å². The lowest BCUT2D eigenvalue weighted by molar-refractivity contribution is -0.147. The molecule has 0 spiro atoms. The van der Waals surface area contributed by atoms with E-state index in [9.17, 15) is 40.0 Å². The van der Waals surface area contributed by atoms with Gasteiger partial charge in [-0.15, -0.1) is 0 Å². The Hall–Kier alpha value is -3.31. The number of aromatic nitrogens is 2. The fourth-order valence-electron chi connectivity index (χ4n) is 3.71. The lowest BCUT2D eigenvalue weighted by Crippen LogP contribution is -2.42. The number of halogens is 6. The number of hydrogen-bond donors (Lipinski definition) is 1. The molecule has 1 N–H and O–H groups in total. The van der Waals surface area contributed by atoms with Crippen molar-refractivity contribution in [2.24, 2.45) is 5.92 Å². The van der Waals surface area contributed by atoms with Crippen LogP contribution in [0.1, 0.15) is 25.3 Å². The second-order valence-electron chi connectivity index (χ2n) is 8.33. The molecule has 2 heterocycles. The zero-order valence-corrected chi connectivity index (χ0v) is 19.3. The average molecular weight is 532 g/mol. The molecule has 0 aliphatic heterocycles. The molecule has 1 aliphatic rings. The Bertz CT molecular complexity index is 1440. The van der Waals surface area contributed by atoms with Gasteiger partial charge in [-0.1, -0.05) is 0 Å². The fourth-order valence-corrected chi connectivity index (χ4v) is 4.88. The first kappa shape index (κ1) is 25.8. The molecule has 7 nitrogen and oxygen atoms in total. The van der Waals surface area contributed by atoms with E-state index in [2.05, 4.69) is 9.72 Å². The molecule has 1 atom stereocenters. The van der Waals surface area contributed by atoms with Gasteiger partial charge in [-0.2, -0.15) is 31.9 Å². The van der Waals surface area contributed by atoms with Crippen LogP contribution in [0.2, 0.25) is 0 Å². The zero-order valence-electron chi connectivity index (χ0n) is 18.5. The van der Waals surface area contributed by atoms with Crippen LogP contribution in [0, 0.1) is 23.1 Å². The quantitative estimate of drug-likeness (QED) is 0.414. The van der Waals surface area contributed by atoms with Gasteiger partial charge in [0.1, 0.15) is 17.0 Å². The fraction of sp³-hybridized carbons (Fsp3) is 0.364. The monoisotopic (exact) mass is 532 g/mol. The highest BCUT2D eigenvalue weighted by Crippen LogP contribution is 2.40. The van der Waals surface area contributed by atoms with Crippen molar-refractivity contribution in [3.63, 3.8) is 0 Å². The number of rotatable bonds is 8. The van der Waals surface area contributed by atoms with E-state index < -0.39 is 45.3 Å². The van der Waals surface area contributed by atoms with Crippen molar-refractivity contribution in [3.05, 3.63) is 41.8 Å². The predicted octanol–water partition coefficient (Wildman–Crippen LogP) is 4.95. The van der Waals surface area contributed by atoms with E-state index in [1.807, 2.05) is 6.07 Å². The van der Waals surface area contributed by atoms with E-state index in [1.54, 1.807) is 4.57 Å². The summed E-state index contributed by atoms with van der Waals surface area (Å²) < 4.78 is 110. The van der Waals surface area contributed by atoms with Crippen LogP contribution < -0.4 is 9.46 Å². The number of hydrogen-bond acceptors (Lipinski definition) is 5. The highest BCUT2D eigenvalue weighted by atomic mass is 32.2. The molecule has 14 heteroatoms. The summed E-state index contributed by atoms with van der Waals surface area (Å²) in [4.78, 5) is 3.52. The molecule has 192 valence electrons. The summed E-state index contributed by atoms with van der Waals surface area (Å²) in [5.74, 6) is -1.60. The van der Waals surface area contributed by atoms with Crippen molar-refractivity contribution < 1.29 is 39.5 Å². The molecule has 36 heavy (non-hydrogen) atoms. The van der Waals surface area contributed by atoms with Gasteiger partial charge >= 0.3 is 12.8 Å². The Balaban J connectivity index is 1.81. The maximum atomic E-state index is 14.4. The van der Waals surface area contributed by atoms with Crippen molar-refractivity contribution in [2.45, 2.75) is 50.0 Å². The number of fused-ring (bicyclic) bond motifs is 1. The number of nitriles is 1. The predicted molar refractivity (Wildman–Crippen MR) is 115 cm³/mol. The minimum atomic E-state index is -4.80. The highest BCUT2D eigenvalue weighted by Gasteiger charge is 2.39. The molecule has 0 radical (unpaired) electrons. The second kappa shape index (κ2) is 9.29. The second-order valence-corrected chi connectivity index (χ2v) is 10.0. The minimum Gasteiger partial charge on any atom is -0.432 e. The first-order valence-electron chi connectivity index (χ1n) is 10.6. The summed E-state index contributed by atoms with van der Waals surface area (Å²) in [7, 11) is -4.57. The molecule has 1 aliphatic carbocycles. The lowest BCUT2D eigenvalue weighted by atomic mass is 10.1. The van der Waals surface area contributed by atoms with Gasteiger partial charge < -0.3 is 9.30 Å². The molecule has 1 fully saturated rings. The first-order valence-corrected chi connectivity index (χ1v) is 12.1. The molecule has 2 aromatic heterocycles. The van der Waals surface area contributed by atoms with Gasteiger partial charge in [-0.05, 0) is 43.9 Å². The number of ether oxygens (including phenoxy) is 1. The number of nitrogens with one attached hydrogen (secondary N) is 1. The number of alkyl halides is 5. The Kier molecular flexibility index (Phi) is 6.65. The first-order chi connectivity index (χ1) is 16.8. The van der Waals surface area contributed by atoms with Gasteiger partial charge in [-0.3, -0.25) is 4.98 Å². The molecule has 1 unspecified atom stereocenters. The van der Waals surface area contributed by atoms with Gasteiger partial charge in [-0.25, -0.2) is 12.8 Å². The van der Waals surface area contributed by atoms with E-state index in [0.29, 0.717) is 13.5 Å². The van der Waals surface area contributed by atoms with Crippen LogP contribution in [0.25, 0.3) is 22.3 Å². The van der Waals surface area contributed by atoms with Gasteiger partial charge in [0.05, 0.1) is 22.5 Å². The molecular weight excluding hydrogens is 514 g/mol. The SMILES string of the molecule is CC(NS(=O)(=O)c1ccc(-c2c(C#N)c3cc(F)c(OC(F)F)cc3n2CC2CC2)nc1)C(F)(F)F. The largest absolute Gasteiger partial charge is 0.432 e. The Morgan fingerprint density at radius 1 is 1.28 bits per heavy atom. The van der Waals surface area contributed by atoms with Crippen LogP contribution in [-0.4, -0.2) is 36.8 Å². The smallest absolute Gasteiger partial charge is 0.404 e. The van der Waals surface area contributed by atoms with Crippen LogP contribution >= 0.6 is 0 Å². The maximum absolute atomic E-state index is 14.4. The molecule has 1 saturated carbocycles. The Labute approximate surface area is 201 Å². The molecule has 1 aromatic carbocycles. The Morgan fingerprint density at radius 2 is 1.97 bits per heavy atom. The molecule has 3 aromatic rings. The molecule has 0 saturated heterocycles. The van der Waals surface area contributed by atoms with Crippen LogP contribution in [0.5, 0.6) is 5.75 Å². The van der Waals surface area contributed by atoms with Gasteiger partial charge in [0.15, 0.2) is 11.6 Å². The topological polar surface area (TPSA) is 97.0 Å². The van der Waals surface area contributed by atoms with Crippen molar-refractivity contribution in [1.29, 1.82) is 5.26 Å². The van der Waals surface area contributed by atoms with E-state index in [4.69, 9.17) is 0 Å². The van der Waals surface area contributed by atoms with Crippen LogP contribution in [0.15, 0.2) is 35.4 Å². The van der Waals surface area contributed by atoms with E-state index in [1.165, 1.54) is 10.8 Å². The van der Waals surface area contributed by atoms with Crippen LogP contribution in [0.3, 0.4) is 0 Å². The molecule has 4 rings (SSSR count). The summed E-state index contributed by atoms with van der Waals surface area (Å²) in [5, 5.41) is 9.95. The van der Waals surface area contributed by atoms with E-state index in [-0.39, 0.29) is 33.8 Å². The Morgan fingerprint density at radius 3 is 2.50 bits per heavy atom. The van der Waals surface area contributed by atoms with E-state index >= 15 is 0 Å². The summed E-state index contributed by atoms with van der Waals surface area (Å²) in [6.07, 6.45) is -2.21. The third kappa shape index (κ3) is 5.12. The molecule has 0 bridgehead atoms. The number of nitrogens with zero attached hydrogens (tertiary/aromatic N) is 3. The maximum Gasteiger partial charge on any atom is 0.404 e. The van der Waals surface area contributed by atoms with Gasteiger partial charge in [0.2, 0.25) is 10.0 Å². The highest BCUT2D eigenvalue weighted by molar-refractivity contribution is 7.89.